The topological polar surface area (TPSA) is 39.4 Å². The molecule has 0 aliphatic heterocycles. The quantitative estimate of drug-likeness (QED) is 0.694. The van der Waals surface area contributed by atoms with Gasteiger partial charge in [0.1, 0.15) is 0 Å². The Hall–Kier alpha value is -1.58. The summed E-state index contributed by atoms with van der Waals surface area (Å²) in [5.74, 6) is 0.643. The Labute approximate surface area is 76.2 Å². The van der Waals surface area contributed by atoms with Gasteiger partial charge in [0.25, 0.3) is 0 Å². The first-order valence-corrected chi connectivity index (χ1v) is 4.23. The number of aryl methyl sites for hydroxylation is 1. The molecule has 0 saturated heterocycles. The summed E-state index contributed by atoms with van der Waals surface area (Å²) >= 11 is 0. The average Bonchev–Trinajstić information content (AvgIpc) is 2.63. The van der Waals surface area contributed by atoms with E-state index in [4.69, 9.17) is 4.74 Å². The van der Waals surface area contributed by atoms with Crippen molar-refractivity contribution in [1.82, 2.24) is 14.6 Å². The lowest BCUT2D eigenvalue weighted by Gasteiger charge is -2.04. The summed E-state index contributed by atoms with van der Waals surface area (Å²) in [5.41, 5.74) is 1.93. The fourth-order valence-corrected chi connectivity index (χ4v) is 1.31. The number of aromatic nitrogens is 3. The van der Waals surface area contributed by atoms with Crippen molar-refractivity contribution in [2.24, 2.45) is 0 Å². The Morgan fingerprint density at radius 2 is 2.38 bits per heavy atom. The fraction of sp³-hybridized carbons (Fsp3) is 0.333. The van der Waals surface area contributed by atoms with Crippen LogP contribution in [0.1, 0.15) is 12.6 Å². The van der Waals surface area contributed by atoms with E-state index in [0.29, 0.717) is 5.88 Å². The molecule has 0 aliphatic rings. The van der Waals surface area contributed by atoms with Crippen molar-refractivity contribution in [2.75, 3.05) is 7.11 Å². The molecule has 0 aliphatic carbocycles. The van der Waals surface area contributed by atoms with Crippen LogP contribution in [0.2, 0.25) is 0 Å². The number of methoxy groups -OCH3 is 1. The van der Waals surface area contributed by atoms with Gasteiger partial charge in [-0.3, -0.25) is 0 Å². The molecule has 0 saturated carbocycles. The Morgan fingerprint density at radius 3 is 3.08 bits per heavy atom. The molecule has 2 aromatic heterocycles. The van der Waals surface area contributed by atoms with Crippen molar-refractivity contribution in [3.05, 3.63) is 24.0 Å². The van der Waals surface area contributed by atoms with E-state index in [9.17, 15) is 0 Å². The van der Waals surface area contributed by atoms with E-state index in [0.717, 1.165) is 17.8 Å². The van der Waals surface area contributed by atoms with Gasteiger partial charge in [0.15, 0.2) is 5.65 Å². The minimum Gasteiger partial charge on any atom is -0.481 e. The monoisotopic (exact) mass is 177 g/mol. The molecule has 13 heavy (non-hydrogen) atoms. The van der Waals surface area contributed by atoms with Gasteiger partial charge in [-0.05, 0) is 6.42 Å². The Morgan fingerprint density at radius 1 is 1.54 bits per heavy atom. The highest BCUT2D eigenvalue weighted by molar-refractivity contribution is 5.40. The maximum Gasteiger partial charge on any atom is 0.216 e. The van der Waals surface area contributed by atoms with Crippen LogP contribution in [0.4, 0.5) is 0 Å². The summed E-state index contributed by atoms with van der Waals surface area (Å²) in [7, 11) is 1.62. The molecule has 2 rings (SSSR count). The summed E-state index contributed by atoms with van der Waals surface area (Å²) in [5, 5.41) is 4.16. The summed E-state index contributed by atoms with van der Waals surface area (Å²) in [6.45, 7) is 2.08. The van der Waals surface area contributed by atoms with E-state index in [1.807, 2.05) is 16.6 Å². The average molecular weight is 177 g/mol. The molecule has 0 atom stereocenters. The summed E-state index contributed by atoms with van der Waals surface area (Å²) in [4.78, 5) is 4.24. The zero-order valence-electron chi connectivity index (χ0n) is 7.69. The highest BCUT2D eigenvalue weighted by Crippen LogP contribution is 2.12. The second kappa shape index (κ2) is 3.05. The molecule has 2 aromatic rings. The highest BCUT2D eigenvalue weighted by atomic mass is 16.5. The van der Waals surface area contributed by atoms with Gasteiger partial charge in [-0.15, -0.1) is 0 Å². The molecule has 0 fully saturated rings. The van der Waals surface area contributed by atoms with Crippen molar-refractivity contribution < 1.29 is 4.74 Å². The van der Waals surface area contributed by atoms with Crippen molar-refractivity contribution in [3.63, 3.8) is 0 Å². The maximum absolute atomic E-state index is 5.08. The van der Waals surface area contributed by atoms with E-state index in [-0.39, 0.29) is 0 Å². The van der Waals surface area contributed by atoms with Gasteiger partial charge in [0.05, 0.1) is 13.3 Å². The molecule has 0 N–H and O–H groups in total. The zero-order chi connectivity index (χ0) is 9.26. The van der Waals surface area contributed by atoms with Gasteiger partial charge in [0, 0.05) is 17.8 Å². The number of ether oxygens (including phenoxy) is 1. The number of fused-ring (bicyclic) bond motifs is 1. The molecule has 0 spiro atoms. The van der Waals surface area contributed by atoms with Crippen LogP contribution in [-0.2, 0) is 6.42 Å². The molecular weight excluding hydrogens is 166 g/mol. The van der Waals surface area contributed by atoms with Crippen LogP contribution in [-0.4, -0.2) is 21.7 Å². The lowest BCUT2D eigenvalue weighted by atomic mass is 10.3. The molecule has 0 radical (unpaired) electrons. The first-order chi connectivity index (χ1) is 6.35. The molecule has 0 unspecified atom stereocenters. The van der Waals surface area contributed by atoms with Gasteiger partial charge in [-0.25, -0.2) is 4.52 Å². The predicted molar refractivity (Wildman–Crippen MR) is 48.9 cm³/mol. The van der Waals surface area contributed by atoms with E-state index < -0.39 is 0 Å². The predicted octanol–water partition coefficient (Wildman–Crippen LogP) is 1.30. The Balaban J connectivity index is 2.70. The molecule has 4 heteroatoms. The van der Waals surface area contributed by atoms with Crippen LogP contribution in [0.25, 0.3) is 5.65 Å². The van der Waals surface area contributed by atoms with Crippen LogP contribution in [0.15, 0.2) is 18.3 Å². The van der Waals surface area contributed by atoms with Gasteiger partial charge in [-0.1, -0.05) is 6.92 Å². The summed E-state index contributed by atoms with van der Waals surface area (Å²) < 4.78 is 6.90. The maximum atomic E-state index is 5.08. The zero-order valence-corrected chi connectivity index (χ0v) is 7.69. The van der Waals surface area contributed by atoms with Crippen LogP contribution >= 0.6 is 0 Å². The normalized spacial score (nSPS) is 10.6. The summed E-state index contributed by atoms with van der Waals surface area (Å²) in [6, 6.07) is 3.77. The third-order valence-corrected chi connectivity index (χ3v) is 1.98. The lowest BCUT2D eigenvalue weighted by Crippen LogP contribution is -2.00. The molecule has 0 bridgehead atoms. The molecule has 68 valence electrons. The van der Waals surface area contributed by atoms with Gasteiger partial charge in [0.2, 0.25) is 5.88 Å². The van der Waals surface area contributed by atoms with Crippen LogP contribution in [0.5, 0.6) is 5.88 Å². The van der Waals surface area contributed by atoms with Gasteiger partial charge < -0.3 is 4.74 Å². The van der Waals surface area contributed by atoms with E-state index in [2.05, 4.69) is 17.0 Å². The SMILES string of the molecule is CCc1cc(OC)nc2ccnn12. The first-order valence-electron chi connectivity index (χ1n) is 4.23. The molecule has 2 heterocycles. The van der Waals surface area contributed by atoms with Crippen molar-refractivity contribution in [3.8, 4) is 5.88 Å². The number of nitrogens with zero attached hydrogens (tertiary/aromatic N) is 3. The molecular formula is C9H11N3O. The van der Waals surface area contributed by atoms with Crippen molar-refractivity contribution in [1.29, 1.82) is 0 Å². The number of rotatable bonds is 2. The lowest BCUT2D eigenvalue weighted by molar-refractivity contribution is 0.397. The van der Waals surface area contributed by atoms with Crippen molar-refractivity contribution >= 4 is 5.65 Å². The van der Waals surface area contributed by atoms with E-state index >= 15 is 0 Å². The first kappa shape index (κ1) is 8.04. The van der Waals surface area contributed by atoms with Crippen molar-refractivity contribution in [2.45, 2.75) is 13.3 Å². The number of hydrogen-bond acceptors (Lipinski definition) is 3. The number of hydrogen-bond donors (Lipinski definition) is 0. The molecule has 0 aromatic carbocycles. The Kier molecular flexibility index (Phi) is 1.88. The van der Waals surface area contributed by atoms with Gasteiger partial charge >= 0.3 is 0 Å². The van der Waals surface area contributed by atoms with Crippen LogP contribution < -0.4 is 4.74 Å². The third kappa shape index (κ3) is 1.24. The molecule has 0 amide bonds. The minimum absolute atomic E-state index is 0.643. The second-order valence-electron chi connectivity index (χ2n) is 2.74. The second-order valence-corrected chi connectivity index (χ2v) is 2.74. The minimum atomic E-state index is 0.643. The largest absolute Gasteiger partial charge is 0.481 e. The van der Waals surface area contributed by atoms with Crippen LogP contribution in [0.3, 0.4) is 0 Å². The summed E-state index contributed by atoms with van der Waals surface area (Å²) in [6.07, 6.45) is 2.65. The van der Waals surface area contributed by atoms with E-state index in [1.54, 1.807) is 13.3 Å². The fourth-order valence-electron chi connectivity index (χ4n) is 1.31. The standard InChI is InChI=1S/C9H11N3O/c1-3-7-6-9(13-2)11-8-4-5-10-12(7)8/h4-6H,3H2,1-2H3. The van der Waals surface area contributed by atoms with Gasteiger partial charge in [-0.2, -0.15) is 10.1 Å². The van der Waals surface area contributed by atoms with Crippen LogP contribution in [0, 0.1) is 0 Å². The highest BCUT2D eigenvalue weighted by Gasteiger charge is 2.03. The molecule has 4 nitrogen and oxygen atoms in total. The van der Waals surface area contributed by atoms with E-state index in [1.165, 1.54) is 0 Å². The Bertz CT molecular complexity index is 422. The smallest absolute Gasteiger partial charge is 0.216 e. The third-order valence-electron chi connectivity index (χ3n) is 1.98.